The maximum atomic E-state index is 11.6. The van der Waals surface area contributed by atoms with E-state index >= 15 is 0 Å². The van der Waals surface area contributed by atoms with Gasteiger partial charge in [-0.25, -0.2) is 4.79 Å². The minimum atomic E-state index is -1.95. The van der Waals surface area contributed by atoms with Gasteiger partial charge >= 0.3 is 5.97 Å². The topological polar surface area (TPSA) is 55.8 Å². The Bertz CT molecular complexity index is 256. The fourth-order valence-corrected chi connectivity index (χ4v) is 2.32. The van der Waals surface area contributed by atoms with E-state index in [9.17, 15) is 4.79 Å². The molecule has 1 N–H and O–H groups in total. The molecule has 0 aliphatic heterocycles. The van der Waals surface area contributed by atoms with E-state index in [1.807, 2.05) is 0 Å². The number of aliphatic hydroxyl groups excluding tert-OH is 1. The Morgan fingerprint density at radius 3 is 2.12 bits per heavy atom. The van der Waals surface area contributed by atoms with Gasteiger partial charge in [-0.3, -0.25) is 0 Å². The van der Waals surface area contributed by atoms with Crippen LogP contribution in [0.4, 0.5) is 0 Å². The van der Waals surface area contributed by atoms with Gasteiger partial charge in [0.2, 0.25) is 0 Å². The monoisotopic (exact) mass is 262 g/mol. The lowest BCUT2D eigenvalue weighted by Crippen LogP contribution is -2.45. The van der Waals surface area contributed by atoms with E-state index in [0.717, 1.165) is 0 Å². The highest BCUT2D eigenvalue weighted by Crippen LogP contribution is 2.37. The number of hydrogen-bond donors (Lipinski definition) is 1. The van der Waals surface area contributed by atoms with Crippen molar-refractivity contribution in [1.29, 1.82) is 0 Å². The Labute approximate surface area is 105 Å². The SMILES string of the molecule is C[C@H](O)COC(=O)[C@H](C)O[Si](C)(C)C(C)(C)C. The standard InChI is InChI=1S/C12H26O4Si/c1-9(13)8-15-11(14)10(2)16-17(6,7)12(3,4)5/h9-10,13H,8H2,1-7H3/t9-,10-/m0/s1. The molecule has 0 radical (unpaired) electrons. The van der Waals surface area contributed by atoms with E-state index in [-0.39, 0.29) is 11.6 Å². The molecule has 2 atom stereocenters. The molecular weight excluding hydrogens is 236 g/mol. The number of carbonyl (C=O) groups excluding carboxylic acids is 1. The Kier molecular flexibility index (Phi) is 5.84. The average Bonchev–Trinajstić information content (AvgIpc) is 2.11. The highest BCUT2D eigenvalue weighted by atomic mass is 28.4. The molecule has 4 nitrogen and oxygen atoms in total. The van der Waals surface area contributed by atoms with Crippen molar-refractivity contribution < 1.29 is 19.1 Å². The third-order valence-corrected chi connectivity index (χ3v) is 7.63. The van der Waals surface area contributed by atoms with Crippen LogP contribution in [0.25, 0.3) is 0 Å². The van der Waals surface area contributed by atoms with Gasteiger partial charge < -0.3 is 14.3 Å². The minimum absolute atomic E-state index is 0.0179. The van der Waals surface area contributed by atoms with Gasteiger partial charge in [0, 0.05) is 0 Å². The summed E-state index contributed by atoms with van der Waals surface area (Å²) in [5.41, 5.74) is 0. The van der Waals surface area contributed by atoms with Crippen LogP contribution in [0, 0.1) is 0 Å². The van der Waals surface area contributed by atoms with Gasteiger partial charge in [0.25, 0.3) is 0 Å². The first-order valence-corrected chi connectivity index (χ1v) is 8.90. The van der Waals surface area contributed by atoms with Gasteiger partial charge in [0.15, 0.2) is 8.32 Å². The zero-order chi connectivity index (χ0) is 13.9. The van der Waals surface area contributed by atoms with Gasteiger partial charge in [-0.2, -0.15) is 0 Å². The summed E-state index contributed by atoms with van der Waals surface area (Å²) in [7, 11) is -1.95. The van der Waals surface area contributed by atoms with E-state index in [4.69, 9.17) is 14.3 Å². The Morgan fingerprint density at radius 1 is 1.29 bits per heavy atom. The van der Waals surface area contributed by atoms with Crippen molar-refractivity contribution in [2.75, 3.05) is 6.61 Å². The minimum Gasteiger partial charge on any atom is -0.461 e. The fourth-order valence-electron chi connectivity index (χ4n) is 0.987. The highest BCUT2D eigenvalue weighted by Gasteiger charge is 2.39. The first-order valence-electron chi connectivity index (χ1n) is 6.00. The summed E-state index contributed by atoms with van der Waals surface area (Å²) in [4.78, 5) is 11.6. The van der Waals surface area contributed by atoms with Crippen LogP contribution in [0.15, 0.2) is 0 Å². The summed E-state index contributed by atoms with van der Waals surface area (Å²) in [6.45, 7) is 13.8. The Morgan fingerprint density at radius 2 is 1.76 bits per heavy atom. The molecule has 0 saturated carbocycles. The molecule has 0 aromatic carbocycles. The van der Waals surface area contributed by atoms with E-state index in [2.05, 4.69) is 33.9 Å². The van der Waals surface area contributed by atoms with E-state index in [0.29, 0.717) is 0 Å². The molecule has 0 rings (SSSR count). The van der Waals surface area contributed by atoms with Crippen molar-refractivity contribution in [3.05, 3.63) is 0 Å². The predicted molar refractivity (Wildman–Crippen MR) is 70.4 cm³/mol. The zero-order valence-corrected chi connectivity index (χ0v) is 13.0. The normalized spacial score (nSPS) is 16.5. The lowest BCUT2D eigenvalue weighted by atomic mass is 10.2. The van der Waals surface area contributed by atoms with Crippen molar-refractivity contribution in [3.8, 4) is 0 Å². The molecule has 0 aliphatic carbocycles. The molecule has 0 bridgehead atoms. The molecule has 0 spiro atoms. The zero-order valence-electron chi connectivity index (χ0n) is 12.0. The maximum absolute atomic E-state index is 11.6. The Hall–Kier alpha value is -0.393. The maximum Gasteiger partial charge on any atom is 0.333 e. The van der Waals surface area contributed by atoms with Crippen LogP contribution in [-0.4, -0.2) is 38.2 Å². The van der Waals surface area contributed by atoms with Crippen molar-refractivity contribution >= 4 is 14.3 Å². The molecule has 0 amide bonds. The van der Waals surface area contributed by atoms with Gasteiger partial charge in [-0.15, -0.1) is 0 Å². The van der Waals surface area contributed by atoms with E-state index in [1.165, 1.54) is 0 Å². The molecule has 0 heterocycles. The van der Waals surface area contributed by atoms with Crippen LogP contribution in [-0.2, 0) is 14.0 Å². The van der Waals surface area contributed by atoms with Crippen LogP contribution in [0.3, 0.4) is 0 Å². The second kappa shape index (κ2) is 5.98. The third kappa shape index (κ3) is 5.65. The second-order valence-electron chi connectivity index (χ2n) is 6.00. The van der Waals surface area contributed by atoms with Crippen LogP contribution < -0.4 is 0 Å². The number of aliphatic hydroxyl groups is 1. The summed E-state index contributed by atoms with van der Waals surface area (Å²) in [5, 5.41) is 9.10. The Balaban J connectivity index is 4.34. The molecule has 17 heavy (non-hydrogen) atoms. The number of rotatable bonds is 5. The average molecular weight is 262 g/mol. The lowest BCUT2D eigenvalue weighted by Gasteiger charge is -2.37. The summed E-state index contributed by atoms with van der Waals surface area (Å²) in [6, 6.07) is 0. The van der Waals surface area contributed by atoms with Crippen LogP contribution in [0.1, 0.15) is 34.6 Å². The summed E-state index contributed by atoms with van der Waals surface area (Å²) in [5.74, 6) is -0.407. The third-order valence-electron chi connectivity index (χ3n) is 3.08. The molecular formula is C12H26O4Si. The van der Waals surface area contributed by atoms with Gasteiger partial charge in [0.05, 0.1) is 6.10 Å². The number of hydrogen-bond acceptors (Lipinski definition) is 4. The lowest BCUT2D eigenvalue weighted by molar-refractivity contribution is -0.154. The number of esters is 1. The van der Waals surface area contributed by atoms with Crippen molar-refractivity contribution in [2.24, 2.45) is 0 Å². The molecule has 0 fully saturated rings. The quantitative estimate of drug-likeness (QED) is 0.610. The molecule has 0 saturated heterocycles. The van der Waals surface area contributed by atoms with E-state index in [1.54, 1.807) is 13.8 Å². The number of carbonyl (C=O) groups is 1. The van der Waals surface area contributed by atoms with E-state index < -0.39 is 26.5 Å². The summed E-state index contributed by atoms with van der Waals surface area (Å²) in [6.07, 6.45) is -1.21. The smallest absolute Gasteiger partial charge is 0.333 e. The van der Waals surface area contributed by atoms with Gasteiger partial charge in [0.1, 0.15) is 12.7 Å². The van der Waals surface area contributed by atoms with Crippen LogP contribution in [0.2, 0.25) is 18.1 Å². The second-order valence-corrected chi connectivity index (χ2v) is 10.8. The molecule has 5 heteroatoms. The van der Waals surface area contributed by atoms with Crippen molar-refractivity contribution in [3.63, 3.8) is 0 Å². The molecule has 0 aliphatic rings. The highest BCUT2D eigenvalue weighted by molar-refractivity contribution is 6.74. The molecule has 0 unspecified atom stereocenters. The van der Waals surface area contributed by atoms with Crippen LogP contribution >= 0.6 is 0 Å². The first-order chi connectivity index (χ1) is 7.47. The number of ether oxygens (including phenoxy) is 1. The largest absolute Gasteiger partial charge is 0.461 e. The first kappa shape index (κ1) is 16.6. The van der Waals surface area contributed by atoms with Crippen molar-refractivity contribution in [1.82, 2.24) is 0 Å². The summed E-state index contributed by atoms with van der Waals surface area (Å²) >= 11 is 0. The van der Waals surface area contributed by atoms with Crippen LogP contribution in [0.5, 0.6) is 0 Å². The molecule has 0 aromatic heterocycles. The van der Waals surface area contributed by atoms with Crippen molar-refractivity contribution in [2.45, 2.75) is 65.0 Å². The van der Waals surface area contributed by atoms with Gasteiger partial charge in [-0.1, -0.05) is 20.8 Å². The summed E-state index contributed by atoms with van der Waals surface area (Å²) < 4.78 is 10.8. The molecule has 102 valence electrons. The predicted octanol–water partition coefficient (Wildman–Crippen LogP) is 2.32. The fraction of sp³-hybridized carbons (Fsp3) is 0.917. The van der Waals surface area contributed by atoms with Gasteiger partial charge in [-0.05, 0) is 32.0 Å². The molecule has 0 aromatic rings.